The second-order valence-corrected chi connectivity index (χ2v) is 3.07. The second kappa shape index (κ2) is 14.5. The Morgan fingerprint density at radius 1 is 1.27 bits per heavy atom. The van der Waals surface area contributed by atoms with Crippen LogP contribution in [0.3, 0.4) is 0 Å². The molecule has 1 aliphatic rings. The first-order valence-corrected chi connectivity index (χ1v) is 5.37. The van der Waals surface area contributed by atoms with Crippen LogP contribution in [0.2, 0.25) is 0 Å². The topological polar surface area (TPSA) is 23.9 Å². The quantitative estimate of drug-likeness (QED) is 0.564. The van der Waals surface area contributed by atoms with Crippen LogP contribution in [0.4, 0.5) is 0 Å². The molecule has 1 N–H and O–H groups in total. The van der Waals surface area contributed by atoms with E-state index in [1.54, 1.807) is 0 Å². The Morgan fingerprint density at radius 2 is 1.73 bits per heavy atom. The van der Waals surface area contributed by atoms with Gasteiger partial charge >= 0.3 is 0 Å². The number of nitrogens with one attached hydrogen (secondary N) is 1. The molecular formula is C13H26NY-. The van der Waals surface area contributed by atoms with Crippen LogP contribution in [-0.4, -0.2) is 6.21 Å². The van der Waals surface area contributed by atoms with Crippen LogP contribution >= 0.6 is 0 Å². The van der Waals surface area contributed by atoms with E-state index in [2.05, 4.69) is 12.5 Å². The van der Waals surface area contributed by atoms with Crippen molar-refractivity contribution in [3.63, 3.8) is 0 Å². The molecule has 0 aromatic heterocycles. The molecule has 0 amide bonds. The molecule has 1 aliphatic carbocycles. The molecule has 0 aliphatic heterocycles. The molecule has 0 saturated heterocycles. The van der Waals surface area contributed by atoms with Gasteiger partial charge in [-0.2, -0.15) is 12.8 Å². The first-order chi connectivity index (χ1) is 6.38. The van der Waals surface area contributed by atoms with Crippen molar-refractivity contribution in [1.29, 1.82) is 5.41 Å². The van der Waals surface area contributed by atoms with Crippen molar-refractivity contribution in [3.8, 4) is 0 Å². The van der Waals surface area contributed by atoms with Crippen molar-refractivity contribution in [1.82, 2.24) is 0 Å². The van der Waals surface area contributed by atoms with E-state index in [-0.39, 0.29) is 40.1 Å². The summed E-state index contributed by atoms with van der Waals surface area (Å²) in [6, 6.07) is 0. The average molecular weight is 285 g/mol. The van der Waals surface area contributed by atoms with Crippen LogP contribution in [0.1, 0.15) is 53.9 Å². The van der Waals surface area contributed by atoms with E-state index in [9.17, 15) is 0 Å². The summed E-state index contributed by atoms with van der Waals surface area (Å²) >= 11 is 0. The molecule has 0 spiro atoms. The van der Waals surface area contributed by atoms with Gasteiger partial charge in [0.05, 0.1) is 0 Å². The van der Waals surface area contributed by atoms with Crippen molar-refractivity contribution in [2.45, 2.75) is 53.9 Å². The van der Waals surface area contributed by atoms with Gasteiger partial charge in [0.15, 0.2) is 0 Å². The predicted molar refractivity (Wildman–Crippen MR) is 66.9 cm³/mol. The third-order valence-corrected chi connectivity index (χ3v) is 2.41. The molecule has 1 radical (unpaired) electrons. The molecule has 1 saturated carbocycles. The summed E-state index contributed by atoms with van der Waals surface area (Å²) in [7, 11) is 0. The van der Waals surface area contributed by atoms with Crippen molar-refractivity contribution in [3.05, 3.63) is 18.1 Å². The van der Waals surface area contributed by atoms with E-state index in [1.807, 2.05) is 20.8 Å². The second-order valence-electron chi connectivity index (χ2n) is 3.07. The minimum atomic E-state index is 0. The molecule has 0 bridgehead atoms. The van der Waals surface area contributed by atoms with Gasteiger partial charge < -0.3 is 11.8 Å². The van der Waals surface area contributed by atoms with Crippen LogP contribution in [0.25, 0.3) is 0 Å². The summed E-state index contributed by atoms with van der Waals surface area (Å²) in [5.41, 5.74) is 1.22. The SMILES string of the molecule is C.C/C=C(\C=N)C1CC[CH-]CC1.CC.[Y]. The van der Waals surface area contributed by atoms with Crippen molar-refractivity contribution in [2.24, 2.45) is 5.92 Å². The Hall–Kier alpha value is 0.514. The first kappa shape index (κ1) is 20.9. The summed E-state index contributed by atoms with van der Waals surface area (Å²) in [6.07, 6.45) is 10.9. The van der Waals surface area contributed by atoms with Crippen LogP contribution in [-0.2, 0) is 32.7 Å². The first-order valence-electron chi connectivity index (χ1n) is 5.37. The van der Waals surface area contributed by atoms with Crippen molar-refractivity contribution in [2.75, 3.05) is 0 Å². The van der Waals surface area contributed by atoms with E-state index in [0.717, 1.165) is 0 Å². The molecule has 0 unspecified atom stereocenters. The van der Waals surface area contributed by atoms with Crippen molar-refractivity contribution >= 4 is 6.21 Å². The van der Waals surface area contributed by atoms with E-state index in [1.165, 1.54) is 37.5 Å². The largest absolute Gasteiger partial charge is 0.328 e. The molecule has 0 aromatic carbocycles. The van der Waals surface area contributed by atoms with E-state index >= 15 is 0 Å². The van der Waals surface area contributed by atoms with Gasteiger partial charge in [0.2, 0.25) is 0 Å². The maximum absolute atomic E-state index is 7.19. The van der Waals surface area contributed by atoms with Gasteiger partial charge in [0, 0.05) is 38.9 Å². The standard InChI is InChI=1S/C10H16N.C2H6.CH4.Y/c1-2-9(8-11)10-6-4-3-5-7-10;1-2;;/h2-3,8,10-11H,4-7H2,1H3;1-2H3;1H4;/q-1;;;/b9-2+,11-8?;;;. The number of rotatable bonds is 2. The minimum absolute atomic E-state index is 0. The van der Waals surface area contributed by atoms with Crippen LogP contribution < -0.4 is 0 Å². The fourth-order valence-electron chi connectivity index (χ4n) is 1.70. The molecule has 0 aromatic rings. The molecule has 0 heterocycles. The van der Waals surface area contributed by atoms with Crippen LogP contribution in [0.15, 0.2) is 11.6 Å². The summed E-state index contributed by atoms with van der Waals surface area (Å²) in [5, 5.41) is 7.19. The number of hydrogen-bond donors (Lipinski definition) is 1. The predicted octanol–water partition coefficient (Wildman–Crippen LogP) is 4.64. The van der Waals surface area contributed by atoms with E-state index in [4.69, 9.17) is 5.41 Å². The molecule has 1 fully saturated rings. The smallest absolute Gasteiger partial charge is 0.0209 e. The maximum Gasteiger partial charge on any atom is 0.0209 e. The van der Waals surface area contributed by atoms with Crippen LogP contribution in [0.5, 0.6) is 0 Å². The zero-order valence-corrected chi connectivity index (χ0v) is 12.6. The monoisotopic (exact) mass is 285 g/mol. The summed E-state index contributed by atoms with van der Waals surface area (Å²) in [4.78, 5) is 0. The van der Waals surface area contributed by atoms with Crippen LogP contribution in [0, 0.1) is 17.7 Å². The zero-order valence-electron chi connectivity index (χ0n) is 9.72. The Bertz CT molecular complexity index is 158. The molecule has 0 atom stereocenters. The number of allylic oxidation sites excluding steroid dienone is 2. The number of hydrogen-bond acceptors (Lipinski definition) is 1. The summed E-state index contributed by atoms with van der Waals surface area (Å²) in [5.74, 6) is 0.669. The van der Waals surface area contributed by atoms with Gasteiger partial charge in [-0.1, -0.05) is 40.2 Å². The minimum Gasteiger partial charge on any atom is -0.328 e. The summed E-state index contributed by atoms with van der Waals surface area (Å²) < 4.78 is 0. The van der Waals surface area contributed by atoms with Crippen molar-refractivity contribution < 1.29 is 32.7 Å². The molecule has 1 nitrogen and oxygen atoms in total. The van der Waals surface area contributed by atoms with Gasteiger partial charge in [-0.3, -0.25) is 0 Å². The zero-order chi connectivity index (χ0) is 10.1. The van der Waals surface area contributed by atoms with Gasteiger partial charge in [-0.25, -0.2) is 0 Å². The van der Waals surface area contributed by atoms with E-state index in [0.29, 0.717) is 5.92 Å². The third kappa shape index (κ3) is 8.33. The van der Waals surface area contributed by atoms with Gasteiger partial charge in [0.1, 0.15) is 0 Å². The Kier molecular flexibility index (Phi) is 20.2. The molecule has 2 heteroatoms. The molecule has 87 valence electrons. The molecule has 1 rings (SSSR count). The van der Waals surface area contributed by atoms with Gasteiger partial charge in [0.25, 0.3) is 0 Å². The fraction of sp³-hybridized carbons (Fsp3) is 0.692. The molecule has 15 heavy (non-hydrogen) atoms. The molecular weight excluding hydrogens is 259 g/mol. The third-order valence-electron chi connectivity index (χ3n) is 2.41. The maximum atomic E-state index is 7.19. The van der Waals surface area contributed by atoms with Gasteiger partial charge in [-0.15, -0.1) is 0 Å². The summed E-state index contributed by atoms with van der Waals surface area (Å²) in [6.45, 7) is 6.03. The Labute approximate surface area is 122 Å². The fourth-order valence-corrected chi connectivity index (χ4v) is 1.70. The normalized spacial score (nSPS) is 16.3. The Balaban J connectivity index is -0.000000339. The Morgan fingerprint density at radius 3 is 2.07 bits per heavy atom. The van der Waals surface area contributed by atoms with Gasteiger partial charge in [-0.05, 0) is 18.4 Å². The van der Waals surface area contributed by atoms with E-state index < -0.39 is 0 Å². The average Bonchev–Trinajstić information content (AvgIpc) is 2.24.